The van der Waals surface area contributed by atoms with Gasteiger partial charge in [0.1, 0.15) is 12.4 Å². The van der Waals surface area contributed by atoms with Gasteiger partial charge in [0, 0.05) is 43.3 Å². The summed E-state index contributed by atoms with van der Waals surface area (Å²) < 4.78 is 7.64. The number of piperidine rings is 1. The number of likely N-dealkylation sites (tertiary alicyclic amines) is 1. The second-order valence-corrected chi connectivity index (χ2v) is 8.06. The van der Waals surface area contributed by atoms with E-state index in [4.69, 9.17) is 4.74 Å². The minimum absolute atomic E-state index is 0.112. The molecule has 1 saturated heterocycles. The zero-order valence-electron chi connectivity index (χ0n) is 17.1. The van der Waals surface area contributed by atoms with E-state index in [-0.39, 0.29) is 5.91 Å². The number of para-hydroxylation sites is 1. The lowest BCUT2D eigenvalue weighted by atomic mass is 9.97. The lowest BCUT2D eigenvalue weighted by molar-refractivity contribution is 0.0919. The fraction of sp³-hybridized carbons (Fsp3) is 0.545. The minimum atomic E-state index is -0.112. The molecule has 0 radical (unpaired) electrons. The summed E-state index contributed by atoms with van der Waals surface area (Å²) in [6.07, 6.45) is 4.83. The molecule has 0 saturated carbocycles. The molecule has 0 bridgehead atoms. The Bertz CT molecular complexity index is 850. The van der Waals surface area contributed by atoms with Gasteiger partial charge in [0.25, 0.3) is 5.91 Å². The second kappa shape index (κ2) is 7.95. The van der Waals surface area contributed by atoms with E-state index in [0.717, 1.165) is 35.5 Å². The average molecular weight is 383 g/mol. The van der Waals surface area contributed by atoms with Crippen molar-refractivity contribution in [3.63, 3.8) is 0 Å². The zero-order chi connectivity index (χ0) is 19.7. The van der Waals surface area contributed by atoms with Crippen LogP contribution >= 0.6 is 0 Å². The molecule has 1 amide bonds. The van der Waals surface area contributed by atoms with E-state index in [1.807, 2.05) is 31.3 Å². The topological polar surface area (TPSA) is 59.4 Å². The second-order valence-electron chi connectivity index (χ2n) is 8.06. The summed E-state index contributed by atoms with van der Waals surface area (Å²) in [5.41, 5.74) is 3.32. The zero-order valence-corrected chi connectivity index (χ0v) is 17.1. The fourth-order valence-corrected chi connectivity index (χ4v) is 4.62. The molecule has 1 fully saturated rings. The fourth-order valence-electron chi connectivity index (χ4n) is 4.62. The molecule has 0 aliphatic carbocycles. The van der Waals surface area contributed by atoms with Gasteiger partial charge in [-0.2, -0.15) is 5.10 Å². The van der Waals surface area contributed by atoms with Crippen LogP contribution in [0.3, 0.4) is 0 Å². The van der Waals surface area contributed by atoms with Gasteiger partial charge >= 0.3 is 0 Å². The number of amides is 1. The van der Waals surface area contributed by atoms with Crippen molar-refractivity contribution in [1.82, 2.24) is 20.0 Å². The highest BCUT2D eigenvalue weighted by Crippen LogP contribution is 2.38. The van der Waals surface area contributed by atoms with Gasteiger partial charge in [-0.1, -0.05) is 18.6 Å². The molecule has 150 valence electrons. The van der Waals surface area contributed by atoms with Crippen LogP contribution in [0.25, 0.3) is 11.3 Å². The summed E-state index contributed by atoms with van der Waals surface area (Å²) in [5, 5.41) is 7.56. The van der Waals surface area contributed by atoms with Crippen molar-refractivity contribution in [1.29, 1.82) is 0 Å². The molecule has 3 heterocycles. The van der Waals surface area contributed by atoms with Gasteiger partial charge in [0.2, 0.25) is 0 Å². The number of carbonyl (C=O) groups excluding carboxylic acids is 1. The molecule has 2 aliphatic heterocycles. The maximum atomic E-state index is 12.8. The molecule has 2 atom stereocenters. The summed E-state index contributed by atoms with van der Waals surface area (Å²) in [4.78, 5) is 15.3. The number of carbonyl (C=O) groups is 1. The van der Waals surface area contributed by atoms with Crippen molar-refractivity contribution in [2.75, 3.05) is 13.1 Å². The van der Waals surface area contributed by atoms with Crippen molar-refractivity contribution in [2.24, 2.45) is 7.05 Å². The van der Waals surface area contributed by atoms with E-state index in [1.165, 1.54) is 19.3 Å². The van der Waals surface area contributed by atoms with Crippen LogP contribution in [-0.4, -0.2) is 45.8 Å². The Kier molecular flexibility index (Phi) is 5.40. The third-order valence-electron chi connectivity index (χ3n) is 6.13. The van der Waals surface area contributed by atoms with Crippen LogP contribution in [0.5, 0.6) is 5.75 Å². The molecule has 4 rings (SSSR count). The van der Waals surface area contributed by atoms with Crippen LogP contribution in [0.15, 0.2) is 24.3 Å². The van der Waals surface area contributed by atoms with Crippen molar-refractivity contribution in [3.05, 3.63) is 35.5 Å². The molecule has 1 aromatic heterocycles. The van der Waals surface area contributed by atoms with Gasteiger partial charge in [0.05, 0.1) is 5.69 Å². The lowest BCUT2D eigenvalue weighted by Gasteiger charge is -2.39. The van der Waals surface area contributed by atoms with Crippen LogP contribution in [0.1, 0.15) is 55.6 Å². The summed E-state index contributed by atoms with van der Waals surface area (Å²) in [6.45, 7) is 6.70. The monoisotopic (exact) mass is 382 g/mol. The quantitative estimate of drug-likeness (QED) is 0.806. The normalized spacial score (nSPS) is 21.5. The number of nitrogens with zero attached hydrogens (tertiary/aromatic N) is 3. The first kappa shape index (κ1) is 19.0. The summed E-state index contributed by atoms with van der Waals surface area (Å²) in [6, 6.07) is 9.18. The van der Waals surface area contributed by atoms with Gasteiger partial charge in [0.15, 0.2) is 5.69 Å². The number of hydrogen-bond donors (Lipinski definition) is 1. The first-order chi connectivity index (χ1) is 13.6. The highest BCUT2D eigenvalue weighted by atomic mass is 16.5. The Morgan fingerprint density at radius 2 is 2.00 bits per heavy atom. The van der Waals surface area contributed by atoms with Gasteiger partial charge < -0.3 is 10.1 Å². The Hall–Kier alpha value is -2.34. The molecule has 6 heteroatoms. The summed E-state index contributed by atoms with van der Waals surface area (Å²) in [7, 11) is 1.89. The highest BCUT2D eigenvalue weighted by molar-refractivity contribution is 5.96. The van der Waals surface area contributed by atoms with E-state index >= 15 is 0 Å². The Labute approximate surface area is 166 Å². The standard InChI is InChI=1S/C22H30N4O2/c1-15-8-6-9-16(2)26(15)13-7-12-23-22(27)20-18-14-28-19-11-5-4-10-17(19)21(18)25(3)24-20/h4-5,10-11,15-16H,6-9,12-14H2,1-3H3,(H,23,27)/t15-,16-/m1/s1. The summed E-state index contributed by atoms with van der Waals surface area (Å²) >= 11 is 0. The molecular formula is C22H30N4O2. The number of aryl methyl sites for hydroxylation is 1. The van der Waals surface area contributed by atoms with Crippen LogP contribution in [-0.2, 0) is 13.7 Å². The number of rotatable bonds is 5. The molecule has 6 nitrogen and oxygen atoms in total. The minimum Gasteiger partial charge on any atom is -0.488 e. The van der Waals surface area contributed by atoms with Crippen molar-refractivity contribution < 1.29 is 9.53 Å². The van der Waals surface area contributed by atoms with Gasteiger partial charge in [-0.3, -0.25) is 14.4 Å². The van der Waals surface area contributed by atoms with Crippen molar-refractivity contribution >= 4 is 5.91 Å². The third kappa shape index (κ3) is 3.53. The van der Waals surface area contributed by atoms with Crippen molar-refractivity contribution in [2.45, 2.75) is 58.2 Å². The number of hydrogen-bond acceptors (Lipinski definition) is 4. The molecule has 2 aromatic rings. The first-order valence-corrected chi connectivity index (χ1v) is 10.4. The van der Waals surface area contributed by atoms with E-state index in [2.05, 4.69) is 29.2 Å². The van der Waals surface area contributed by atoms with E-state index in [0.29, 0.717) is 30.9 Å². The van der Waals surface area contributed by atoms with Gasteiger partial charge in [-0.25, -0.2) is 0 Å². The number of nitrogens with one attached hydrogen (secondary N) is 1. The molecule has 1 aromatic carbocycles. The molecule has 1 N–H and O–H groups in total. The molecular weight excluding hydrogens is 352 g/mol. The smallest absolute Gasteiger partial charge is 0.272 e. The molecule has 0 spiro atoms. The number of ether oxygens (including phenoxy) is 1. The highest BCUT2D eigenvalue weighted by Gasteiger charge is 2.28. The number of fused-ring (bicyclic) bond motifs is 3. The third-order valence-corrected chi connectivity index (χ3v) is 6.13. The lowest BCUT2D eigenvalue weighted by Crippen LogP contribution is -2.44. The molecule has 28 heavy (non-hydrogen) atoms. The maximum absolute atomic E-state index is 12.8. The average Bonchev–Trinajstić information content (AvgIpc) is 3.04. The summed E-state index contributed by atoms with van der Waals surface area (Å²) in [5.74, 6) is 0.731. The largest absolute Gasteiger partial charge is 0.488 e. The number of aromatic nitrogens is 2. The van der Waals surface area contributed by atoms with E-state index in [9.17, 15) is 4.79 Å². The van der Waals surface area contributed by atoms with E-state index < -0.39 is 0 Å². The van der Waals surface area contributed by atoms with Crippen LogP contribution in [0, 0.1) is 0 Å². The van der Waals surface area contributed by atoms with Gasteiger partial charge in [-0.05, 0) is 45.2 Å². The predicted octanol–water partition coefficient (Wildman–Crippen LogP) is 3.36. The van der Waals surface area contributed by atoms with Crippen LogP contribution in [0.4, 0.5) is 0 Å². The number of benzene rings is 1. The molecule has 2 aliphatic rings. The Morgan fingerprint density at radius 1 is 1.25 bits per heavy atom. The molecule has 0 unspecified atom stereocenters. The maximum Gasteiger partial charge on any atom is 0.272 e. The SMILES string of the molecule is C[C@@H]1CCC[C@@H](C)N1CCCNC(=O)c1nn(C)c2c1COc1ccccc1-2. The van der Waals surface area contributed by atoms with Crippen LogP contribution in [0.2, 0.25) is 0 Å². The predicted molar refractivity (Wildman–Crippen MR) is 109 cm³/mol. The Balaban J connectivity index is 1.39. The first-order valence-electron chi connectivity index (χ1n) is 10.4. The van der Waals surface area contributed by atoms with Crippen molar-refractivity contribution in [3.8, 4) is 17.0 Å². The van der Waals surface area contributed by atoms with Gasteiger partial charge in [-0.15, -0.1) is 0 Å². The van der Waals surface area contributed by atoms with Crippen LogP contribution < -0.4 is 10.1 Å². The van der Waals surface area contributed by atoms with E-state index in [1.54, 1.807) is 4.68 Å². The Morgan fingerprint density at radius 3 is 2.79 bits per heavy atom.